The van der Waals surface area contributed by atoms with Gasteiger partial charge in [0.15, 0.2) is 11.5 Å². The van der Waals surface area contributed by atoms with Gasteiger partial charge < -0.3 is 14.8 Å². The Hall–Kier alpha value is -2.11. The number of amides is 1. The number of benzene rings is 1. The molecule has 0 saturated heterocycles. The summed E-state index contributed by atoms with van der Waals surface area (Å²) in [5.41, 5.74) is 1.34. The highest BCUT2D eigenvalue weighted by Crippen LogP contribution is 2.31. The number of carbonyl (C=O) groups excluding carboxylic acids is 2. The van der Waals surface area contributed by atoms with E-state index in [1.165, 1.54) is 0 Å². The van der Waals surface area contributed by atoms with E-state index < -0.39 is 0 Å². The molecule has 0 bridgehead atoms. The second-order valence-electron chi connectivity index (χ2n) is 7.42. The first-order chi connectivity index (χ1) is 13.4. The first-order valence-corrected chi connectivity index (χ1v) is 10.2. The lowest BCUT2D eigenvalue weighted by Gasteiger charge is -2.26. The Kier molecular flexibility index (Phi) is 6.57. The van der Waals surface area contributed by atoms with Crippen molar-refractivity contribution in [3.63, 3.8) is 0 Å². The molecule has 1 aliphatic rings. The van der Waals surface area contributed by atoms with Gasteiger partial charge in [-0.25, -0.2) is 0 Å². The summed E-state index contributed by atoms with van der Waals surface area (Å²) in [6, 6.07) is 8.95. The van der Waals surface area contributed by atoms with Crippen LogP contribution in [0.15, 0.2) is 34.7 Å². The lowest BCUT2D eigenvalue weighted by molar-refractivity contribution is 0.0865. The molecule has 150 valence electrons. The Morgan fingerprint density at radius 3 is 2.46 bits per heavy atom. The molecule has 1 amide bonds. The minimum absolute atomic E-state index is 0.0230. The molecule has 1 aromatic carbocycles. The fourth-order valence-electron chi connectivity index (χ4n) is 3.60. The van der Waals surface area contributed by atoms with E-state index in [0.717, 1.165) is 18.4 Å². The molecule has 3 rings (SSSR count). The molecule has 1 heterocycles. The summed E-state index contributed by atoms with van der Waals surface area (Å²) < 4.78 is 5.86. The molecule has 2 aromatic rings. The predicted molar refractivity (Wildman–Crippen MR) is 108 cm³/mol. The molecule has 2 N–H and O–H groups in total. The van der Waals surface area contributed by atoms with Crippen LogP contribution in [-0.2, 0) is 0 Å². The maximum Gasteiger partial charge on any atom is 0.255 e. The molecule has 1 saturated carbocycles. The molecule has 5 nitrogen and oxygen atoms in total. The number of carbonyl (C=O) groups is 2. The van der Waals surface area contributed by atoms with Crippen LogP contribution in [0, 0.1) is 0 Å². The zero-order valence-corrected chi connectivity index (χ0v) is 17.0. The van der Waals surface area contributed by atoms with Gasteiger partial charge in [0, 0.05) is 29.5 Å². The summed E-state index contributed by atoms with van der Waals surface area (Å²) in [5, 5.41) is 13.3. The number of rotatable bonds is 6. The molecule has 28 heavy (non-hydrogen) atoms. The van der Waals surface area contributed by atoms with E-state index in [1.54, 1.807) is 25.1 Å². The van der Waals surface area contributed by atoms with Crippen molar-refractivity contribution in [2.24, 2.45) is 0 Å². The lowest BCUT2D eigenvalue weighted by Crippen LogP contribution is -2.38. The van der Waals surface area contributed by atoms with E-state index in [9.17, 15) is 14.7 Å². The highest BCUT2D eigenvalue weighted by Gasteiger charge is 2.28. The van der Waals surface area contributed by atoms with Crippen LogP contribution in [-0.4, -0.2) is 28.9 Å². The molecular formula is C22H26ClNO4. The number of nitrogens with one attached hydrogen (secondary N) is 1. The van der Waals surface area contributed by atoms with Crippen LogP contribution in [0.3, 0.4) is 0 Å². The van der Waals surface area contributed by atoms with Gasteiger partial charge in [-0.1, -0.05) is 37.6 Å². The maximum absolute atomic E-state index is 13.0. The molecule has 6 heteroatoms. The van der Waals surface area contributed by atoms with Crippen LogP contribution in [0.5, 0.6) is 0 Å². The van der Waals surface area contributed by atoms with Crippen LogP contribution in [0.25, 0.3) is 0 Å². The monoisotopic (exact) mass is 403 g/mol. The summed E-state index contributed by atoms with van der Waals surface area (Å²) in [5.74, 6) is 0.111. The van der Waals surface area contributed by atoms with Crippen molar-refractivity contribution >= 4 is 23.3 Å². The molecule has 0 unspecified atom stereocenters. The minimum atomic E-state index is -0.281. The number of halogens is 1. The minimum Gasteiger partial charge on any atom is -0.456 e. The average molecular weight is 404 g/mol. The predicted octanol–water partition coefficient (Wildman–Crippen LogP) is 4.71. The normalized spacial score (nSPS) is 20.6. The van der Waals surface area contributed by atoms with Crippen LogP contribution in [0.1, 0.15) is 84.1 Å². The summed E-state index contributed by atoms with van der Waals surface area (Å²) in [7, 11) is 0. The zero-order valence-electron chi connectivity index (χ0n) is 16.2. The Morgan fingerprint density at radius 2 is 1.86 bits per heavy atom. The fraction of sp³-hybridized carbons (Fsp3) is 0.455. The third kappa shape index (κ3) is 4.65. The van der Waals surface area contributed by atoms with Crippen LogP contribution >= 0.6 is 11.6 Å². The van der Waals surface area contributed by atoms with Crippen LogP contribution in [0.2, 0.25) is 5.02 Å². The van der Waals surface area contributed by atoms with Gasteiger partial charge in [0.2, 0.25) is 0 Å². The van der Waals surface area contributed by atoms with Crippen molar-refractivity contribution < 1.29 is 19.1 Å². The third-order valence-corrected chi connectivity index (χ3v) is 5.65. The van der Waals surface area contributed by atoms with Gasteiger partial charge in [0.05, 0.1) is 11.7 Å². The molecule has 0 radical (unpaired) electrons. The maximum atomic E-state index is 13.0. The van der Waals surface area contributed by atoms with Crippen molar-refractivity contribution in [3.8, 4) is 0 Å². The lowest BCUT2D eigenvalue weighted by atomic mass is 9.92. The van der Waals surface area contributed by atoms with Crippen molar-refractivity contribution in [3.05, 3.63) is 58.0 Å². The van der Waals surface area contributed by atoms with Gasteiger partial charge in [0.1, 0.15) is 5.76 Å². The molecule has 1 aliphatic carbocycles. The average Bonchev–Trinajstić information content (AvgIpc) is 3.15. The first kappa shape index (κ1) is 20.6. The van der Waals surface area contributed by atoms with Gasteiger partial charge >= 0.3 is 0 Å². The van der Waals surface area contributed by atoms with Gasteiger partial charge in [-0.2, -0.15) is 0 Å². The van der Waals surface area contributed by atoms with Gasteiger partial charge in [-0.05, 0) is 43.4 Å². The third-order valence-electron chi connectivity index (χ3n) is 5.40. The quantitative estimate of drug-likeness (QED) is 0.684. The Bertz CT molecular complexity index is 835. The molecular weight excluding hydrogens is 378 g/mol. The first-order valence-electron chi connectivity index (χ1n) is 9.80. The second-order valence-corrected chi connectivity index (χ2v) is 7.85. The largest absolute Gasteiger partial charge is 0.456 e. The second kappa shape index (κ2) is 8.93. The molecule has 1 fully saturated rings. The fourth-order valence-corrected chi connectivity index (χ4v) is 3.73. The van der Waals surface area contributed by atoms with Crippen LogP contribution < -0.4 is 5.32 Å². The van der Waals surface area contributed by atoms with E-state index in [4.69, 9.17) is 16.0 Å². The molecule has 0 aliphatic heterocycles. The zero-order chi connectivity index (χ0) is 20.3. The van der Waals surface area contributed by atoms with Crippen molar-refractivity contribution in [2.45, 2.75) is 64.0 Å². The molecule has 1 aromatic heterocycles. The van der Waals surface area contributed by atoms with Crippen molar-refractivity contribution in [1.82, 2.24) is 5.32 Å². The Balaban J connectivity index is 1.87. The van der Waals surface area contributed by atoms with E-state index in [1.807, 2.05) is 19.1 Å². The van der Waals surface area contributed by atoms with Gasteiger partial charge in [-0.3, -0.25) is 9.59 Å². The molecule has 1 atom stereocenters. The summed E-state index contributed by atoms with van der Waals surface area (Å²) in [6.07, 6.45) is 2.88. The van der Waals surface area contributed by atoms with E-state index >= 15 is 0 Å². The van der Waals surface area contributed by atoms with Gasteiger partial charge in [-0.15, -0.1) is 0 Å². The summed E-state index contributed by atoms with van der Waals surface area (Å²) in [4.78, 5) is 25.1. The number of hydrogen-bond acceptors (Lipinski definition) is 4. The summed E-state index contributed by atoms with van der Waals surface area (Å²) in [6.45, 7) is 3.70. The summed E-state index contributed by atoms with van der Waals surface area (Å²) >= 11 is 5.98. The SMILES string of the molecule is CCC(=O)c1cc(C(=O)NC2CCC(O)CC2)c([C@@H](C)c2ccc(Cl)cc2)o1. The smallest absolute Gasteiger partial charge is 0.255 e. The Morgan fingerprint density at radius 1 is 1.21 bits per heavy atom. The number of hydrogen-bond donors (Lipinski definition) is 2. The number of ketones is 1. The van der Waals surface area contributed by atoms with Gasteiger partial charge in [0.25, 0.3) is 5.91 Å². The Labute approximate surface area is 170 Å². The van der Waals surface area contributed by atoms with Crippen molar-refractivity contribution in [2.75, 3.05) is 0 Å². The highest BCUT2D eigenvalue weighted by molar-refractivity contribution is 6.30. The number of Topliss-reactive ketones (excluding diaryl/α,β-unsaturated/α-hetero) is 1. The number of aliphatic hydroxyl groups is 1. The topological polar surface area (TPSA) is 79.5 Å². The van der Waals surface area contributed by atoms with Crippen molar-refractivity contribution in [1.29, 1.82) is 0 Å². The van der Waals surface area contributed by atoms with E-state index in [-0.39, 0.29) is 35.5 Å². The van der Waals surface area contributed by atoms with E-state index in [0.29, 0.717) is 35.6 Å². The molecule has 0 spiro atoms. The standard InChI is InChI=1S/C22H26ClNO4/c1-3-19(26)20-12-18(22(27)24-16-8-10-17(25)11-9-16)21(28-20)13(2)14-4-6-15(23)7-5-14/h4-7,12-13,16-17,25H,3,8-11H2,1-2H3,(H,24,27)/t13-,16?,17?/m0/s1. The number of furan rings is 1. The highest BCUT2D eigenvalue weighted by atomic mass is 35.5. The number of aliphatic hydroxyl groups excluding tert-OH is 1. The van der Waals surface area contributed by atoms with E-state index in [2.05, 4.69) is 5.32 Å². The van der Waals surface area contributed by atoms with Crippen LogP contribution in [0.4, 0.5) is 0 Å².